The molecule has 0 saturated carbocycles. The predicted octanol–water partition coefficient (Wildman–Crippen LogP) is 17.2. The first-order chi connectivity index (χ1) is 31.7. The summed E-state index contributed by atoms with van der Waals surface area (Å²) in [6, 6.07) is 92.5. The van der Waals surface area contributed by atoms with E-state index in [0.29, 0.717) is 0 Å². The minimum absolute atomic E-state index is 1.10. The molecule has 64 heavy (non-hydrogen) atoms. The van der Waals surface area contributed by atoms with Gasteiger partial charge in [0.2, 0.25) is 0 Å². The lowest BCUT2D eigenvalue weighted by Crippen LogP contribution is -2.09. The second-order valence-electron chi connectivity index (χ2n) is 16.5. The third kappa shape index (κ3) is 6.52. The van der Waals surface area contributed by atoms with Crippen molar-refractivity contribution in [1.82, 2.24) is 4.57 Å². The van der Waals surface area contributed by atoms with Crippen LogP contribution in [0.4, 0.5) is 17.1 Å². The van der Waals surface area contributed by atoms with Gasteiger partial charge >= 0.3 is 0 Å². The van der Waals surface area contributed by atoms with Crippen LogP contribution in [0.2, 0.25) is 0 Å². The molecule has 0 radical (unpaired) electrons. The normalized spacial score (nSPS) is 11.4. The fraction of sp³-hybridized carbons (Fsp3) is 0. The van der Waals surface area contributed by atoms with E-state index < -0.39 is 0 Å². The lowest BCUT2D eigenvalue weighted by atomic mass is 9.93. The number of hydrogen-bond acceptors (Lipinski definition) is 1. The maximum absolute atomic E-state index is 2.45. The predicted molar refractivity (Wildman–Crippen MR) is 272 cm³/mol. The van der Waals surface area contributed by atoms with E-state index in [1.165, 1.54) is 87.9 Å². The molecule has 300 valence electrons. The molecule has 0 spiro atoms. The van der Waals surface area contributed by atoms with Gasteiger partial charge in [-0.15, -0.1) is 0 Å². The molecule has 0 bridgehead atoms. The van der Waals surface area contributed by atoms with E-state index in [1.54, 1.807) is 0 Å². The summed E-state index contributed by atoms with van der Waals surface area (Å²) in [7, 11) is 0. The number of anilines is 3. The van der Waals surface area contributed by atoms with Gasteiger partial charge in [-0.05, 0) is 127 Å². The van der Waals surface area contributed by atoms with Crippen LogP contribution in [-0.4, -0.2) is 4.57 Å². The Morgan fingerprint density at radius 1 is 0.250 bits per heavy atom. The first-order valence-electron chi connectivity index (χ1n) is 22.0. The molecule has 12 rings (SSSR count). The van der Waals surface area contributed by atoms with E-state index in [2.05, 4.69) is 264 Å². The molecule has 0 saturated heterocycles. The van der Waals surface area contributed by atoms with Crippen LogP contribution in [0.5, 0.6) is 0 Å². The fourth-order valence-electron chi connectivity index (χ4n) is 9.71. The summed E-state index contributed by atoms with van der Waals surface area (Å²) >= 11 is 0. The Labute approximate surface area is 373 Å². The van der Waals surface area contributed by atoms with Gasteiger partial charge in [-0.1, -0.05) is 194 Å². The molecule has 1 aromatic heterocycles. The zero-order valence-corrected chi connectivity index (χ0v) is 35.1. The molecular formula is C62H42N2. The summed E-state index contributed by atoms with van der Waals surface area (Å²) in [6.45, 7) is 0. The van der Waals surface area contributed by atoms with E-state index in [4.69, 9.17) is 0 Å². The lowest BCUT2D eigenvalue weighted by Gasteiger charge is -2.26. The summed E-state index contributed by atoms with van der Waals surface area (Å²) in [5, 5.41) is 7.58. The Balaban J connectivity index is 0.926. The SMILES string of the molecule is c1ccc(-c2ccc(N(c3ccc(-c4ccccc4)cc3)c3ccc(-c4ccc(-n5c6cccc(-c7cccc8ccccc78)c6c6c7ccccc7ccc65)cc4)cc3)cc2)cc1. The van der Waals surface area contributed by atoms with Gasteiger partial charge in [0.1, 0.15) is 0 Å². The Bertz CT molecular complexity index is 3520. The number of aromatic nitrogens is 1. The Morgan fingerprint density at radius 2 is 0.656 bits per heavy atom. The van der Waals surface area contributed by atoms with Crippen molar-refractivity contribution in [1.29, 1.82) is 0 Å². The molecule has 0 aliphatic rings. The van der Waals surface area contributed by atoms with Crippen molar-refractivity contribution < 1.29 is 0 Å². The van der Waals surface area contributed by atoms with Crippen LogP contribution in [0, 0.1) is 0 Å². The van der Waals surface area contributed by atoms with E-state index in [-0.39, 0.29) is 0 Å². The second-order valence-corrected chi connectivity index (χ2v) is 16.5. The highest BCUT2D eigenvalue weighted by Gasteiger charge is 2.20. The third-order valence-electron chi connectivity index (χ3n) is 12.8. The first-order valence-corrected chi connectivity index (χ1v) is 22.0. The van der Waals surface area contributed by atoms with Crippen LogP contribution >= 0.6 is 0 Å². The van der Waals surface area contributed by atoms with Crippen molar-refractivity contribution in [2.24, 2.45) is 0 Å². The van der Waals surface area contributed by atoms with Gasteiger partial charge < -0.3 is 9.47 Å². The molecule has 2 nitrogen and oxygen atoms in total. The number of fused-ring (bicyclic) bond motifs is 6. The second kappa shape index (κ2) is 15.8. The van der Waals surface area contributed by atoms with Crippen LogP contribution < -0.4 is 4.90 Å². The highest BCUT2D eigenvalue weighted by atomic mass is 15.1. The van der Waals surface area contributed by atoms with Gasteiger partial charge in [0.05, 0.1) is 11.0 Å². The summed E-state index contributed by atoms with van der Waals surface area (Å²) in [5.41, 5.74) is 16.5. The van der Waals surface area contributed by atoms with Crippen LogP contribution in [0.15, 0.2) is 255 Å². The van der Waals surface area contributed by atoms with Gasteiger partial charge in [-0.2, -0.15) is 0 Å². The van der Waals surface area contributed by atoms with Gasteiger partial charge in [0.25, 0.3) is 0 Å². The molecule has 2 heteroatoms. The summed E-state index contributed by atoms with van der Waals surface area (Å²) in [4.78, 5) is 2.34. The number of rotatable bonds is 8. The molecule has 0 fully saturated rings. The molecule has 0 aliphatic heterocycles. The van der Waals surface area contributed by atoms with Crippen molar-refractivity contribution >= 4 is 60.4 Å². The van der Waals surface area contributed by atoms with Crippen molar-refractivity contribution in [2.45, 2.75) is 0 Å². The zero-order chi connectivity index (χ0) is 42.4. The van der Waals surface area contributed by atoms with Crippen molar-refractivity contribution in [2.75, 3.05) is 4.90 Å². The average molecular weight is 815 g/mol. The quantitative estimate of drug-likeness (QED) is 0.148. The summed E-state index contributed by atoms with van der Waals surface area (Å²) in [6.07, 6.45) is 0. The monoisotopic (exact) mass is 814 g/mol. The third-order valence-corrected chi connectivity index (χ3v) is 12.8. The highest BCUT2D eigenvalue weighted by Crippen LogP contribution is 2.44. The molecule has 0 amide bonds. The van der Waals surface area contributed by atoms with E-state index in [9.17, 15) is 0 Å². The smallest absolute Gasteiger partial charge is 0.0547 e. The van der Waals surface area contributed by atoms with Crippen molar-refractivity contribution in [3.05, 3.63) is 255 Å². The molecule has 0 aliphatic carbocycles. The first kappa shape index (κ1) is 37.3. The molecule has 0 unspecified atom stereocenters. The van der Waals surface area contributed by atoms with Gasteiger partial charge in [-0.3, -0.25) is 0 Å². The summed E-state index contributed by atoms with van der Waals surface area (Å²) < 4.78 is 2.45. The van der Waals surface area contributed by atoms with E-state index in [1.807, 2.05) is 0 Å². The topological polar surface area (TPSA) is 8.17 Å². The number of benzene rings is 11. The van der Waals surface area contributed by atoms with E-state index >= 15 is 0 Å². The van der Waals surface area contributed by atoms with Crippen molar-refractivity contribution in [3.63, 3.8) is 0 Å². The molecule has 0 atom stereocenters. The fourth-order valence-corrected chi connectivity index (χ4v) is 9.71. The Morgan fingerprint density at radius 3 is 1.22 bits per heavy atom. The molecular weight excluding hydrogens is 773 g/mol. The maximum atomic E-state index is 2.45. The Kier molecular flexibility index (Phi) is 9.20. The van der Waals surface area contributed by atoms with Crippen LogP contribution in [-0.2, 0) is 0 Å². The minimum atomic E-state index is 1.10. The number of hydrogen-bond donors (Lipinski definition) is 0. The van der Waals surface area contributed by atoms with Crippen LogP contribution in [0.1, 0.15) is 0 Å². The average Bonchev–Trinajstić information content (AvgIpc) is 3.73. The van der Waals surface area contributed by atoms with Gasteiger partial charge in [0.15, 0.2) is 0 Å². The highest BCUT2D eigenvalue weighted by molar-refractivity contribution is 6.26. The minimum Gasteiger partial charge on any atom is -0.311 e. The van der Waals surface area contributed by atoms with Gasteiger partial charge in [0, 0.05) is 33.5 Å². The molecule has 12 aromatic rings. The molecule has 11 aromatic carbocycles. The largest absolute Gasteiger partial charge is 0.311 e. The summed E-state index contributed by atoms with van der Waals surface area (Å²) in [5.74, 6) is 0. The van der Waals surface area contributed by atoms with Crippen LogP contribution in [0.25, 0.3) is 93.5 Å². The Hall–Kier alpha value is -8.46. The van der Waals surface area contributed by atoms with Crippen molar-refractivity contribution in [3.8, 4) is 50.2 Å². The molecule has 0 N–H and O–H groups in total. The van der Waals surface area contributed by atoms with E-state index in [0.717, 1.165) is 22.7 Å². The van der Waals surface area contributed by atoms with Gasteiger partial charge in [-0.25, -0.2) is 0 Å². The lowest BCUT2D eigenvalue weighted by molar-refractivity contribution is 1.18. The maximum Gasteiger partial charge on any atom is 0.0547 e. The number of nitrogens with zero attached hydrogens (tertiary/aromatic N) is 2. The molecule has 1 heterocycles. The zero-order valence-electron chi connectivity index (χ0n) is 35.1. The standard InChI is InChI=1S/C62H42N2/c1-3-13-43(14-4-1)45-25-34-51(35-26-45)63(52-36-27-46(28-37-52)44-15-5-2-6-16-44)53-38-29-47(30-39-53)48-31-40-54(41-32-48)64-59-24-12-23-58(57-22-11-19-49-17-7-9-20-55(49)57)62(59)61-56-21-10-8-18-50(56)33-42-60(61)64/h1-42H. The van der Waals surface area contributed by atoms with Crippen LogP contribution in [0.3, 0.4) is 0 Å².